The van der Waals surface area contributed by atoms with Crippen molar-refractivity contribution in [1.29, 1.82) is 0 Å². The van der Waals surface area contributed by atoms with Gasteiger partial charge in [0.2, 0.25) is 5.88 Å². The maximum absolute atomic E-state index is 12.8. The van der Waals surface area contributed by atoms with Crippen LogP contribution in [0.3, 0.4) is 0 Å². The number of aryl methyl sites for hydroxylation is 1. The first-order valence-electron chi connectivity index (χ1n) is 16.5. The molecule has 13 atom stereocenters. The Labute approximate surface area is 273 Å². The smallest absolute Gasteiger partial charge is 0.206 e. The van der Waals surface area contributed by atoms with Crippen molar-refractivity contribution >= 4 is 5.78 Å². The molecular weight excluding hydrogens is 598 g/mol. The summed E-state index contributed by atoms with van der Waals surface area (Å²) in [5, 5.41) is 104. The van der Waals surface area contributed by atoms with Gasteiger partial charge < -0.3 is 55.6 Å². The first-order chi connectivity index (χ1) is 21.2. The number of carbonyl (C=O) groups excluding carboxylic acids is 1. The average molecular weight is 660 g/mol. The molecule has 0 bridgehead atoms. The van der Waals surface area contributed by atoms with Crippen molar-refractivity contribution < 1.29 is 55.9 Å². The molecule has 0 saturated carbocycles. The Kier molecular flexibility index (Phi) is 17.4. The number of rotatable bonds is 21. The first-order valence-corrected chi connectivity index (χ1v) is 16.5. The van der Waals surface area contributed by atoms with Crippen LogP contribution < -0.4 is 0 Å². The second-order valence-electron chi connectivity index (χ2n) is 13.8. The molecule has 1 rings (SSSR count). The summed E-state index contributed by atoms with van der Waals surface area (Å²) in [6.07, 6.45) is -4.66. The van der Waals surface area contributed by atoms with E-state index >= 15 is 0 Å². The van der Waals surface area contributed by atoms with Crippen LogP contribution in [0.5, 0.6) is 11.6 Å². The van der Waals surface area contributed by atoms with E-state index in [4.69, 9.17) is 0 Å². The lowest BCUT2D eigenvalue weighted by Gasteiger charge is -2.34. The zero-order valence-electron chi connectivity index (χ0n) is 28.7. The zero-order chi connectivity index (χ0) is 35.6. The summed E-state index contributed by atoms with van der Waals surface area (Å²) in [7, 11) is 1.51. The summed E-state index contributed by atoms with van der Waals surface area (Å²) in [5.74, 6) is -3.60. The third kappa shape index (κ3) is 12.2. The molecule has 0 aromatic carbocycles. The fourth-order valence-electron chi connectivity index (χ4n) is 6.13. The predicted molar refractivity (Wildman–Crippen MR) is 174 cm³/mol. The van der Waals surface area contributed by atoms with Gasteiger partial charge in [-0.3, -0.25) is 4.79 Å². The molecule has 1 heterocycles. The third-order valence-corrected chi connectivity index (χ3v) is 9.51. The molecule has 268 valence electrons. The van der Waals surface area contributed by atoms with E-state index in [-0.39, 0.29) is 54.7 Å². The monoisotopic (exact) mass is 659 g/mol. The molecule has 0 spiro atoms. The number of hydrogen-bond donors (Lipinski definition) is 10. The van der Waals surface area contributed by atoms with E-state index in [0.717, 1.165) is 0 Å². The minimum Gasteiger partial charge on any atom is -0.505 e. The van der Waals surface area contributed by atoms with Crippen LogP contribution in [0.4, 0.5) is 0 Å². The molecule has 12 heteroatoms. The highest BCUT2D eigenvalue weighted by Gasteiger charge is 2.36. The van der Waals surface area contributed by atoms with E-state index in [0.29, 0.717) is 18.4 Å². The van der Waals surface area contributed by atoms with Gasteiger partial charge in [-0.2, -0.15) is 0 Å². The molecule has 10 N–H and O–H groups in total. The Hall–Kier alpha value is -2.03. The van der Waals surface area contributed by atoms with Gasteiger partial charge in [0.15, 0.2) is 5.78 Å². The van der Waals surface area contributed by atoms with Crippen LogP contribution in [0, 0.1) is 29.6 Å². The lowest BCUT2D eigenvalue weighted by atomic mass is 9.80. The summed E-state index contributed by atoms with van der Waals surface area (Å²) in [6, 6.07) is 0. The highest BCUT2D eigenvalue weighted by Crippen LogP contribution is 2.32. The molecule has 0 aliphatic carbocycles. The Balaban J connectivity index is 2.66. The lowest BCUT2D eigenvalue weighted by Crippen LogP contribution is -2.44. The van der Waals surface area contributed by atoms with Gasteiger partial charge in [-0.25, -0.2) is 0 Å². The van der Waals surface area contributed by atoms with E-state index in [2.05, 4.69) is 0 Å². The molecule has 0 aliphatic heterocycles. The van der Waals surface area contributed by atoms with Gasteiger partial charge in [-0.05, 0) is 62.9 Å². The van der Waals surface area contributed by atoms with Crippen molar-refractivity contribution in [3.8, 4) is 11.6 Å². The van der Waals surface area contributed by atoms with Crippen molar-refractivity contribution in [3.05, 3.63) is 23.4 Å². The van der Waals surface area contributed by atoms with Crippen LogP contribution >= 0.6 is 0 Å². The summed E-state index contributed by atoms with van der Waals surface area (Å²) < 4.78 is 1.25. The minimum absolute atomic E-state index is 0.0458. The molecular formula is C34H61NO11. The van der Waals surface area contributed by atoms with Crippen molar-refractivity contribution in [2.24, 2.45) is 36.6 Å². The van der Waals surface area contributed by atoms with Gasteiger partial charge in [0.1, 0.15) is 11.3 Å². The van der Waals surface area contributed by atoms with Gasteiger partial charge in [-0.1, -0.05) is 47.6 Å². The first kappa shape index (κ1) is 42.0. The molecule has 46 heavy (non-hydrogen) atoms. The van der Waals surface area contributed by atoms with Crippen LogP contribution in [-0.2, 0) is 7.05 Å². The molecule has 13 unspecified atom stereocenters. The van der Waals surface area contributed by atoms with Crippen LogP contribution in [-0.4, -0.2) is 110 Å². The van der Waals surface area contributed by atoms with Crippen molar-refractivity contribution in [2.75, 3.05) is 0 Å². The molecule has 12 nitrogen and oxygen atoms in total. The molecule has 1 aromatic heterocycles. The van der Waals surface area contributed by atoms with Gasteiger partial charge in [0.05, 0.1) is 48.8 Å². The van der Waals surface area contributed by atoms with E-state index in [1.165, 1.54) is 17.8 Å². The maximum atomic E-state index is 12.8. The average Bonchev–Trinajstić information content (AvgIpc) is 3.23. The van der Waals surface area contributed by atoms with Crippen LogP contribution in [0.2, 0.25) is 0 Å². The standard InChI is InChI=1S/C34H61NO11/c1-9-23(36)13-24(37)14-25(38)20(5)32(44)21(6)26(39)15-27(40)22(7)33(45)28(41)12-18(3)10-17(2)11-19(4)31(43)30-29(42)16-35(8)34(30)46/h11,16-18,20-28,32-33,36-42,44-46H,9-10,12-15H2,1-8H3. The number of aromatic hydroxyl groups is 2. The number of aliphatic hydroxyl groups is 8. The Morgan fingerprint density at radius 3 is 1.70 bits per heavy atom. The van der Waals surface area contributed by atoms with Crippen molar-refractivity contribution in [3.63, 3.8) is 0 Å². The maximum Gasteiger partial charge on any atom is 0.206 e. The number of ketones is 1. The second kappa shape index (κ2) is 19.1. The quantitative estimate of drug-likeness (QED) is 0.0679. The Bertz CT molecular complexity index is 1090. The SMILES string of the molecule is CCC(O)CC(O)CC(O)C(C)C(O)C(C)C(O)CC(O)C(C)C(O)C(O)CC(C)CC(C)C=C(C)C(=O)c1c(O)cn(C)c1O. The van der Waals surface area contributed by atoms with E-state index < -0.39 is 72.4 Å². The lowest BCUT2D eigenvalue weighted by molar-refractivity contribution is -0.0876. The van der Waals surface area contributed by atoms with Crippen LogP contribution in [0.15, 0.2) is 17.8 Å². The fourth-order valence-corrected chi connectivity index (χ4v) is 6.13. The van der Waals surface area contributed by atoms with Gasteiger partial charge >= 0.3 is 0 Å². The highest BCUT2D eigenvalue weighted by atomic mass is 16.3. The Morgan fingerprint density at radius 1 is 0.717 bits per heavy atom. The number of carbonyl (C=O) groups is 1. The predicted octanol–water partition coefficient (Wildman–Crippen LogP) is 1.99. The topological polar surface area (TPSA) is 224 Å². The minimum atomic E-state index is -1.30. The fraction of sp³-hybridized carbons (Fsp3) is 0.794. The summed E-state index contributed by atoms with van der Waals surface area (Å²) in [6.45, 7) is 11.9. The molecule has 0 radical (unpaired) electrons. The zero-order valence-corrected chi connectivity index (χ0v) is 28.7. The van der Waals surface area contributed by atoms with Crippen LogP contribution in [0.1, 0.15) is 97.3 Å². The summed E-state index contributed by atoms with van der Waals surface area (Å²) in [5.41, 5.74) is 0.183. The normalized spacial score (nSPS) is 21.3. The van der Waals surface area contributed by atoms with Crippen LogP contribution in [0.25, 0.3) is 0 Å². The van der Waals surface area contributed by atoms with Crippen molar-refractivity contribution in [2.45, 2.75) is 136 Å². The highest BCUT2D eigenvalue weighted by molar-refractivity contribution is 6.11. The number of Topliss-reactive ketones (excluding diaryl/α,β-unsaturated/α-hetero) is 1. The van der Waals surface area contributed by atoms with E-state index in [9.17, 15) is 55.9 Å². The summed E-state index contributed by atoms with van der Waals surface area (Å²) >= 11 is 0. The number of hydrogen-bond acceptors (Lipinski definition) is 11. The van der Waals surface area contributed by atoms with Gasteiger partial charge in [0.25, 0.3) is 0 Å². The number of aromatic nitrogens is 1. The molecule has 0 saturated heterocycles. The largest absolute Gasteiger partial charge is 0.505 e. The van der Waals surface area contributed by atoms with E-state index in [1.807, 2.05) is 13.8 Å². The number of nitrogens with zero attached hydrogens (tertiary/aromatic N) is 1. The van der Waals surface area contributed by atoms with Gasteiger partial charge in [-0.15, -0.1) is 0 Å². The molecule has 0 amide bonds. The van der Waals surface area contributed by atoms with E-state index in [1.54, 1.807) is 40.7 Å². The number of aliphatic hydroxyl groups excluding tert-OH is 8. The Morgan fingerprint density at radius 2 is 1.22 bits per heavy atom. The van der Waals surface area contributed by atoms with Crippen molar-refractivity contribution in [1.82, 2.24) is 4.57 Å². The number of allylic oxidation sites excluding steroid dienone is 2. The summed E-state index contributed by atoms with van der Waals surface area (Å²) in [4.78, 5) is 12.8. The van der Waals surface area contributed by atoms with Gasteiger partial charge in [0, 0.05) is 31.0 Å². The molecule has 1 aromatic rings. The molecule has 0 aliphatic rings. The molecule has 0 fully saturated rings. The third-order valence-electron chi connectivity index (χ3n) is 9.51. The second-order valence-corrected chi connectivity index (χ2v) is 13.8.